The van der Waals surface area contributed by atoms with Gasteiger partial charge in [0, 0.05) is 31.4 Å². The Morgan fingerprint density at radius 2 is 2.19 bits per heavy atom. The lowest BCUT2D eigenvalue weighted by Crippen LogP contribution is -2.31. The topological polar surface area (TPSA) is 61.3 Å². The van der Waals surface area contributed by atoms with E-state index in [-0.39, 0.29) is 6.61 Å². The highest BCUT2D eigenvalue weighted by Crippen LogP contribution is 2.01. The molecule has 16 heavy (non-hydrogen) atoms. The maximum atomic E-state index is 8.84. The maximum Gasteiger partial charge on any atom is 0.129 e. The number of hydrogen-bond donors (Lipinski definition) is 2. The van der Waals surface area contributed by atoms with Gasteiger partial charge in [-0.3, -0.25) is 4.90 Å². The van der Waals surface area contributed by atoms with Crippen LogP contribution in [0.25, 0.3) is 0 Å². The van der Waals surface area contributed by atoms with Crippen molar-refractivity contribution in [3.63, 3.8) is 0 Å². The quantitative estimate of drug-likeness (QED) is 0.706. The van der Waals surface area contributed by atoms with E-state index in [1.54, 1.807) is 6.33 Å². The van der Waals surface area contributed by atoms with Gasteiger partial charge < -0.3 is 10.4 Å². The Balaban J connectivity index is 2.29. The number of hydrogen-bond acceptors (Lipinski definition) is 5. The summed E-state index contributed by atoms with van der Waals surface area (Å²) in [5, 5.41) is 12.1. The molecule has 0 fully saturated rings. The molecule has 0 bridgehead atoms. The molecule has 0 unspecified atom stereocenters. The molecule has 0 aromatic carbocycles. The molecule has 0 saturated carbocycles. The van der Waals surface area contributed by atoms with E-state index < -0.39 is 0 Å². The molecule has 0 aliphatic rings. The SMILES string of the molecule is CCN(CCO)CCNc1cc(C)ncn1. The van der Waals surface area contributed by atoms with E-state index in [1.165, 1.54) is 0 Å². The third-order valence-electron chi connectivity index (χ3n) is 2.40. The van der Waals surface area contributed by atoms with Crippen molar-refractivity contribution in [3.05, 3.63) is 18.1 Å². The van der Waals surface area contributed by atoms with Crippen LogP contribution in [-0.2, 0) is 0 Å². The molecule has 0 aliphatic heterocycles. The van der Waals surface area contributed by atoms with Crippen molar-refractivity contribution in [1.29, 1.82) is 0 Å². The summed E-state index contributed by atoms with van der Waals surface area (Å²) < 4.78 is 0. The van der Waals surface area contributed by atoms with E-state index in [0.717, 1.165) is 37.7 Å². The van der Waals surface area contributed by atoms with Gasteiger partial charge in [-0.15, -0.1) is 0 Å². The van der Waals surface area contributed by atoms with Crippen LogP contribution in [-0.4, -0.2) is 52.8 Å². The number of nitrogens with zero attached hydrogens (tertiary/aromatic N) is 3. The maximum absolute atomic E-state index is 8.84. The molecular formula is C11H20N4O. The zero-order chi connectivity index (χ0) is 11.8. The summed E-state index contributed by atoms with van der Waals surface area (Å²) >= 11 is 0. The summed E-state index contributed by atoms with van der Waals surface area (Å²) in [5.74, 6) is 0.854. The van der Waals surface area contributed by atoms with Gasteiger partial charge in [0.15, 0.2) is 0 Å². The largest absolute Gasteiger partial charge is 0.395 e. The van der Waals surface area contributed by atoms with E-state index in [9.17, 15) is 0 Å². The molecule has 1 rings (SSSR count). The first kappa shape index (κ1) is 12.9. The Bertz CT molecular complexity index is 306. The van der Waals surface area contributed by atoms with Gasteiger partial charge in [-0.2, -0.15) is 0 Å². The number of aliphatic hydroxyl groups is 1. The van der Waals surface area contributed by atoms with Crippen molar-refractivity contribution in [2.24, 2.45) is 0 Å². The number of anilines is 1. The van der Waals surface area contributed by atoms with Crippen LogP contribution in [0.5, 0.6) is 0 Å². The molecule has 1 aromatic rings. The van der Waals surface area contributed by atoms with Gasteiger partial charge >= 0.3 is 0 Å². The van der Waals surface area contributed by atoms with E-state index in [1.807, 2.05) is 13.0 Å². The van der Waals surface area contributed by atoms with E-state index in [0.29, 0.717) is 0 Å². The van der Waals surface area contributed by atoms with E-state index in [4.69, 9.17) is 5.11 Å². The Labute approximate surface area is 96.5 Å². The number of nitrogens with one attached hydrogen (secondary N) is 1. The van der Waals surface area contributed by atoms with Gasteiger partial charge in [0.05, 0.1) is 6.61 Å². The summed E-state index contributed by atoms with van der Waals surface area (Å²) in [6.45, 7) is 7.64. The van der Waals surface area contributed by atoms with Crippen LogP contribution in [0.1, 0.15) is 12.6 Å². The first-order valence-electron chi connectivity index (χ1n) is 5.62. The second kappa shape index (κ2) is 7.14. The summed E-state index contributed by atoms with van der Waals surface area (Å²) in [6, 6.07) is 1.92. The lowest BCUT2D eigenvalue weighted by molar-refractivity contribution is 0.206. The van der Waals surface area contributed by atoms with Crippen molar-refractivity contribution in [2.75, 3.05) is 38.1 Å². The number of aryl methyl sites for hydroxylation is 1. The second-order valence-corrected chi connectivity index (χ2v) is 3.63. The highest BCUT2D eigenvalue weighted by molar-refractivity contribution is 5.34. The Morgan fingerprint density at radius 3 is 2.81 bits per heavy atom. The molecule has 0 radical (unpaired) electrons. The molecule has 0 spiro atoms. The monoisotopic (exact) mass is 224 g/mol. The fourth-order valence-electron chi connectivity index (χ4n) is 1.46. The molecule has 1 aromatic heterocycles. The number of aliphatic hydroxyl groups excluding tert-OH is 1. The van der Waals surface area contributed by atoms with E-state index in [2.05, 4.69) is 27.1 Å². The molecule has 2 N–H and O–H groups in total. The van der Waals surface area contributed by atoms with Crippen molar-refractivity contribution < 1.29 is 5.11 Å². The minimum atomic E-state index is 0.209. The Kier molecular flexibility index (Phi) is 5.74. The van der Waals surface area contributed by atoms with Gasteiger partial charge in [-0.1, -0.05) is 6.92 Å². The predicted octanol–water partition coefficient (Wildman–Crippen LogP) is 0.511. The molecule has 0 amide bonds. The summed E-state index contributed by atoms with van der Waals surface area (Å²) in [7, 11) is 0. The predicted molar refractivity (Wildman–Crippen MR) is 64.5 cm³/mol. The van der Waals surface area contributed by atoms with Crippen LogP contribution in [0.15, 0.2) is 12.4 Å². The van der Waals surface area contributed by atoms with Gasteiger partial charge in [-0.05, 0) is 13.5 Å². The molecule has 90 valence electrons. The normalized spacial score (nSPS) is 10.8. The first-order chi connectivity index (χ1) is 7.76. The van der Waals surface area contributed by atoms with Crippen LogP contribution in [0.3, 0.4) is 0 Å². The lowest BCUT2D eigenvalue weighted by atomic mass is 10.4. The third-order valence-corrected chi connectivity index (χ3v) is 2.40. The third kappa shape index (κ3) is 4.55. The van der Waals surface area contributed by atoms with Crippen LogP contribution < -0.4 is 5.32 Å². The average molecular weight is 224 g/mol. The first-order valence-corrected chi connectivity index (χ1v) is 5.62. The highest BCUT2D eigenvalue weighted by atomic mass is 16.3. The lowest BCUT2D eigenvalue weighted by Gasteiger charge is -2.19. The summed E-state index contributed by atoms with van der Waals surface area (Å²) in [4.78, 5) is 10.3. The number of aromatic nitrogens is 2. The number of likely N-dealkylation sites (N-methyl/N-ethyl adjacent to an activating group) is 1. The van der Waals surface area contributed by atoms with Crippen LogP contribution in [0, 0.1) is 6.92 Å². The Hall–Kier alpha value is -1.20. The standard InChI is InChI=1S/C11H20N4O/c1-3-15(6-7-16)5-4-12-11-8-10(2)13-9-14-11/h8-9,16H,3-7H2,1-2H3,(H,12,13,14). The number of rotatable bonds is 7. The highest BCUT2D eigenvalue weighted by Gasteiger charge is 2.00. The molecular weight excluding hydrogens is 204 g/mol. The zero-order valence-corrected chi connectivity index (χ0v) is 9.98. The van der Waals surface area contributed by atoms with Gasteiger partial charge in [0.2, 0.25) is 0 Å². The summed E-state index contributed by atoms with van der Waals surface area (Å²) in [6.07, 6.45) is 1.56. The molecule has 0 saturated heterocycles. The molecule has 5 heteroatoms. The minimum Gasteiger partial charge on any atom is -0.395 e. The van der Waals surface area contributed by atoms with Crippen LogP contribution in [0.2, 0.25) is 0 Å². The molecule has 0 atom stereocenters. The van der Waals surface area contributed by atoms with Crippen molar-refractivity contribution >= 4 is 5.82 Å². The van der Waals surface area contributed by atoms with Crippen LogP contribution in [0.4, 0.5) is 5.82 Å². The Morgan fingerprint density at radius 1 is 1.38 bits per heavy atom. The van der Waals surface area contributed by atoms with Gasteiger partial charge in [0.1, 0.15) is 12.1 Å². The average Bonchev–Trinajstić information content (AvgIpc) is 2.28. The second-order valence-electron chi connectivity index (χ2n) is 3.63. The minimum absolute atomic E-state index is 0.209. The van der Waals surface area contributed by atoms with Gasteiger partial charge in [0.25, 0.3) is 0 Å². The summed E-state index contributed by atoms with van der Waals surface area (Å²) in [5.41, 5.74) is 0.959. The smallest absolute Gasteiger partial charge is 0.129 e. The van der Waals surface area contributed by atoms with Crippen LogP contribution >= 0.6 is 0 Å². The van der Waals surface area contributed by atoms with Crippen molar-refractivity contribution in [1.82, 2.24) is 14.9 Å². The molecule has 0 aliphatic carbocycles. The van der Waals surface area contributed by atoms with E-state index >= 15 is 0 Å². The fourth-order valence-corrected chi connectivity index (χ4v) is 1.46. The van der Waals surface area contributed by atoms with Crippen molar-refractivity contribution in [3.8, 4) is 0 Å². The molecule has 5 nitrogen and oxygen atoms in total. The zero-order valence-electron chi connectivity index (χ0n) is 9.98. The fraction of sp³-hybridized carbons (Fsp3) is 0.636. The van der Waals surface area contributed by atoms with Gasteiger partial charge in [-0.25, -0.2) is 9.97 Å². The molecule has 1 heterocycles. The van der Waals surface area contributed by atoms with Crippen molar-refractivity contribution in [2.45, 2.75) is 13.8 Å².